The van der Waals surface area contributed by atoms with Gasteiger partial charge in [-0.15, -0.1) is 0 Å². The zero-order valence-electron chi connectivity index (χ0n) is 13.1. The highest BCUT2D eigenvalue weighted by Crippen LogP contribution is 2.23. The van der Waals surface area contributed by atoms with Gasteiger partial charge in [0.05, 0.1) is 5.92 Å². The topological polar surface area (TPSA) is 82.5 Å². The molecule has 0 aliphatic carbocycles. The summed E-state index contributed by atoms with van der Waals surface area (Å²) >= 11 is 0. The molecule has 0 radical (unpaired) electrons. The van der Waals surface area contributed by atoms with Crippen molar-refractivity contribution in [3.8, 4) is 0 Å². The molecule has 1 saturated heterocycles. The Hall–Kier alpha value is -1.92. The van der Waals surface area contributed by atoms with Crippen molar-refractivity contribution in [2.24, 2.45) is 5.92 Å². The van der Waals surface area contributed by atoms with Crippen molar-refractivity contribution >= 4 is 17.9 Å². The Morgan fingerprint density at radius 2 is 1.86 bits per heavy atom. The largest absolute Gasteiger partial charge is 0.481 e. The number of piperidine rings is 1. The van der Waals surface area contributed by atoms with Gasteiger partial charge in [0.2, 0.25) is 11.9 Å². The number of carboxylic acid groups (broad SMARTS) is 1. The summed E-state index contributed by atoms with van der Waals surface area (Å²) in [5.41, 5.74) is 0. The summed E-state index contributed by atoms with van der Waals surface area (Å²) in [4.78, 5) is 28.4. The second-order valence-corrected chi connectivity index (χ2v) is 5.94. The average molecular weight is 293 g/mol. The maximum atomic E-state index is 11.0. The molecular weight excluding hydrogens is 270 g/mol. The molecule has 21 heavy (non-hydrogen) atoms. The third-order valence-corrected chi connectivity index (χ3v) is 3.67. The number of hydrogen-bond acceptors (Lipinski definition) is 6. The lowest BCUT2D eigenvalue weighted by atomic mass is 9.97. The minimum Gasteiger partial charge on any atom is -0.481 e. The molecule has 2 heterocycles. The van der Waals surface area contributed by atoms with Crippen LogP contribution in [0.4, 0.5) is 11.9 Å². The fraction of sp³-hybridized carbons (Fsp3) is 0.714. The van der Waals surface area contributed by atoms with Crippen LogP contribution in [0.2, 0.25) is 0 Å². The molecule has 0 spiro atoms. The molecule has 0 amide bonds. The molecule has 0 atom stereocenters. The summed E-state index contributed by atoms with van der Waals surface area (Å²) in [6.45, 7) is 5.45. The number of aliphatic carboxylic acids is 1. The molecule has 7 nitrogen and oxygen atoms in total. The third kappa shape index (κ3) is 3.59. The first-order valence-corrected chi connectivity index (χ1v) is 7.29. The number of aromatic nitrogens is 3. The highest BCUT2D eigenvalue weighted by Gasteiger charge is 2.26. The number of nitrogens with zero attached hydrogens (tertiary/aromatic N) is 5. The van der Waals surface area contributed by atoms with Crippen molar-refractivity contribution < 1.29 is 9.90 Å². The third-order valence-electron chi connectivity index (χ3n) is 3.67. The minimum absolute atomic E-state index is 0.224. The van der Waals surface area contributed by atoms with Crippen LogP contribution in [0.25, 0.3) is 0 Å². The van der Waals surface area contributed by atoms with Crippen molar-refractivity contribution in [1.82, 2.24) is 15.0 Å². The van der Waals surface area contributed by atoms with Crippen molar-refractivity contribution in [2.45, 2.75) is 32.6 Å². The highest BCUT2D eigenvalue weighted by atomic mass is 16.4. The van der Waals surface area contributed by atoms with E-state index in [1.807, 2.05) is 19.0 Å². The first-order valence-electron chi connectivity index (χ1n) is 7.29. The molecular formula is C14H23N5O2. The van der Waals surface area contributed by atoms with E-state index in [2.05, 4.69) is 33.7 Å². The summed E-state index contributed by atoms with van der Waals surface area (Å²) in [6.07, 6.45) is 1.27. The van der Waals surface area contributed by atoms with Crippen LogP contribution >= 0.6 is 0 Å². The predicted molar refractivity (Wildman–Crippen MR) is 80.8 cm³/mol. The summed E-state index contributed by atoms with van der Waals surface area (Å²) in [5, 5.41) is 9.06. The van der Waals surface area contributed by atoms with E-state index >= 15 is 0 Å². The molecule has 7 heteroatoms. The van der Waals surface area contributed by atoms with E-state index in [4.69, 9.17) is 5.11 Å². The molecule has 1 aliphatic rings. The van der Waals surface area contributed by atoms with Crippen LogP contribution in [0.5, 0.6) is 0 Å². The van der Waals surface area contributed by atoms with Gasteiger partial charge < -0.3 is 14.9 Å². The van der Waals surface area contributed by atoms with Crippen LogP contribution in [-0.4, -0.2) is 53.2 Å². The van der Waals surface area contributed by atoms with Crippen LogP contribution < -0.4 is 9.80 Å². The van der Waals surface area contributed by atoms with Crippen molar-refractivity contribution in [3.05, 3.63) is 5.82 Å². The fourth-order valence-corrected chi connectivity index (χ4v) is 2.30. The summed E-state index contributed by atoms with van der Waals surface area (Å²) in [6, 6.07) is 0. The van der Waals surface area contributed by atoms with Gasteiger partial charge in [0.1, 0.15) is 5.82 Å². The van der Waals surface area contributed by atoms with Gasteiger partial charge in [-0.1, -0.05) is 13.8 Å². The Bertz CT molecular complexity index is 484. The lowest BCUT2D eigenvalue weighted by molar-refractivity contribution is -0.142. The van der Waals surface area contributed by atoms with E-state index in [1.165, 1.54) is 0 Å². The van der Waals surface area contributed by atoms with Gasteiger partial charge in [-0.3, -0.25) is 4.79 Å². The molecule has 0 bridgehead atoms. The molecule has 1 aromatic rings. The minimum atomic E-state index is -0.706. The Kier molecular flexibility index (Phi) is 4.59. The van der Waals surface area contributed by atoms with Crippen molar-refractivity contribution in [2.75, 3.05) is 37.0 Å². The Labute approximate surface area is 125 Å². The maximum Gasteiger partial charge on any atom is 0.306 e. The normalized spacial score (nSPS) is 16.3. The highest BCUT2D eigenvalue weighted by molar-refractivity contribution is 5.70. The van der Waals surface area contributed by atoms with Gasteiger partial charge in [-0.25, -0.2) is 0 Å². The summed E-state index contributed by atoms with van der Waals surface area (Å²) in [5.74, 6) is 1.33. The molecule has 0 aromatic carbocycles. The predicted octanol–water partition coefficient (Wildman–Crippen LogP) is 1.36. The Balaban J connectivity index is 2.21. The summed E-state index contributed by atoms with van der Waals surface area (Å²) in [7, 11) is 3.81. The van der Waals surface area contributed by atoms with Gasteiger partial charge in [-0.05, 0) is 12.8 Å². The number of carboxylic acids is 1. The molecule has 0 saturated carbocycles. The lowest BCUT2D eigenvalue weighted by Crippen LogP contribution is -2.37. The molecule has 1 N–H and O–H groups in total. The molecule has 1 aliphatic heterocycles. The van der Waals surface area contributed by atoms with Crippen molar-refractivity contribution in [3.63, 3.8) is 0 Å². The first-order chi connectivity index (χ1) is 9.88. The van der Waals surface area contributed by atoms with E-state index < -0.39 is 5.97 Å². The van der Waals surface area contributed by atoms with E-state index in [1.54, 1.807) is 0 Å². The second-order valence-electron chi connectivity index (χ2n) is 5.94. The number of hydrogen-bond donors (Lipinski definition) is 1. The first kappa shape index (κ1) is 15.5. The van der Waals surface area contributed by atoms with Crippen LogP contribution in [0.3, 0.4) is 0 Å². The smallest absolute Gasteiger partial charge is 0.306 e. The Morgan fingerprint density at radius 3 is 2.33 bits per heavy atom. The van der Waals surface area contributed by atoms with Crippen molar-refractivity contribution in [1.29, 1.82) is 0 Å². The standard InChI is InChI=1S/C14H23N5O2/c1-9(2)11-15-13(18(3)4)17-14(16-11)19-7-5-10(6-8-19)12(20)21/h9-10H,5-8H2,1-4H3,(H,20,21). The Morgan fingerprint density at radius 1 is 1.24 bits per heavy atom. The van der Waals surface area contributed by atoms with Crippen LogP contribution in [0.1, 0.15) is 38.4 Å². The van der Waals surface area contributed by atoms with Gasteiger partial charge in [0.15, 0.2) is 0 Å². The number of carbonyl (C=O) groups is 1. The van der Waals surface area contributed by atoms with E-state index in [-0.39, 0.29) is 11.8 Å². The molecule has 2 rings (SSSR count). The van der Waals surface area contributed by atoms with Crippen LogP contribution in [0.15, 0.2) is 0 Å². The van der Waals surface area contributed by atoms with Crippen LogP contribution in [0, 0.1) is 5.92 Å². The van der Waals surface area contributed by atoms with Gasteiger partial charge in [0.25, 0.3) is 0 Å². The van der Waals surface area contributed by atoms with E-state index in [0.717, 1.165) is 5.82 Å². The molecule has 116 valence electrons. The van der Waals surface area contributed by atoms with Crippen LogP contribution in [-0.2, 0) is 4.79 Å². The van der Waals surface area contributed by atoms with Gasteiger partial charge >= 0.3 is 5.97 Å². The molecule has 1 fully saturated rings. The summed E-state index contributed by atoms with van der Waals surface area (Å²) < 4.78 is 0. The molecule has 1 aromatic heterocycles. The average Bonchev–Trinajstić information content (AvgIpc) is 2.46. The zero-order valence-corrected chi connectivity index (χ0v) is 13.1. The van der Waals surface area contributed by atoms with Gasteiger partial charge in [-0.2, -0.15) is 15.0 Å². The molecule has 0 unspecified atom stereocenters. The monoisotopic (exact) mass is 293 g/mol. The number of anilines is 2. The lowest BCUT2D eigenvalue weighted by Gasteiger charge is -2.30. The second kappa shape index (κ2) is 6.24. The van der Waals surface area contributed by atoms with Gasteiger partial charge in [0, 0.05) is 33.1 Å². The number of rotatable bonds is 4. The van der Waals surface area contributed by atoms with E-state index in [0.29, 0.717) is 37.8 Å². The quantitative estimate of drug-likeness (QED) is 0.897. The maximum absolute atomic E-state index is 11.0. The van der Waals surface area contributed by atoms with E-state index in [9.17, 15) is 4.79 Å². The zero-order chi connectivity index (χ0) is 15.6. The SMILES string of the molecule is CC(C)c1nc(N(C)C)nc(N2CCC(C(=O)O)CC2)n1. The fourth-order valence-electron chi connectivity index (χ4n) is 2.30.